The quantitative estimate of drug-likeness (QED) is 0.617. The Bertz CT molecular complexity index is 831. The smallest absolute Gasteiger partial charge is 0.251 e. The van der Waals surface area contributed by atoms with Crippen LogP contribution in [-0.4, -0.2) is 29.3 Å². The summed E-state index contributed by atoms with van der Waals surface area (Å²) in [5.41, 5.74) is 3.12. The number of nitrogens with one attached hydrogen (secondary N) is 2. The van der Waals surface area contributed by atoms with E-state index in [-0.39, 0.29) is 19.1 Å². The van der Waals surface area contributed by atoms with E-state index in [4.69, 9.17) is 9.63 Å². The number of rotatable bonds is 7. The lowest BCUT2D eigenvalue weighted by Crippen LogP contribution is -2.26. The standard InChI is InChI=1S/C19H19N3O3/c23-10-9-20-19(24)15-7-4-8-16(11-15)21-13-17-12-18(22-25-17)14-5-2-1-3-6-14/h1-8,11-12,21,23H,9-10,13H2,(H,20,24). The van der Waals surface area contributed by atoms with Crippen LogP contribution in [0.3, 0.4) is 0 Å². The molecule has 0 bridgehead atoms. The van der Waals surface area contributed by atoms with Crippen molar-refractivity contribution in [3.63, 3.8) is 0 Å². The second-order valence-corrected chi connectivity index (χ2v) is 5.46. The number of aromatic nitrogens is 1. The van der Waals surface area contributed by atoms with E-state index >= 15 is 0 Å². The van der Waals surface area contributed by atoms with E-state index in [1.165, 1.54) is 0 Å². The maximum atomic E-state index is 11.9. The normalized spacial score (nSPS) is 10.4. The summed E-state index contributed by atoms with van der Waals surface area (Å²) in [5.74, 6) is 0.484. The predicted molar refractivity (Wildman–Crippen MR) is 95.1 cm³/mol. The second-order valence-electron chi connectivity index (χ2n) is 5.46. The molecule has 0 aliphatic heterocycles. The van der Waals surface area contributed by atoms with E-state index < -0.39 is 0 Å². The lowest BCUT2D eigenvalue weighted by molar-refractivity contribution is 0.0945. The van der Waals surface area contributed by atoms with Crippen molar-refractivity contribution in [1.82, 2.24) is 10.5 Å². The van der Waals surface area contributed by atoms with E-state index in [0.717, 1.165) is 16.9 Å². The van der Waals surface area contributed by atoms with Crippen LogP contribution in [0.2, 0.25) is 0 Å². The molecule has 0 radical (unpaired) electrons. The lowest BCUT2D eigenvalue weighted by Gasteiger charge is -2.07. The van der Waals surface area contributed by atoms with Crippen molar-refractivity contribution in [3.8, 4) is 11.3 Å². The Morgan fingerprint density at radius 3 is 2.72 bits per heavy atom. The Hall–Kier alpha value is -3.12. The fraction of sp³-hybridized carbons (Fsp3) is 0.158. The summed E-state index contributed by atoms with van der Waals surface area (Å²) in [5, 5.41) is 18.7. The fourth-order valence-corrected chi connectivity index (χ4v) is 2.37. The van der Waals surface area contributed by atoms with Crippen LogP contribution in [-0.2, 0) is 6.54 Å². The highest BCUT2D eigenvalue weighted by Gasteiger charge is 2.08. The number of amides is 1. The third-order valence-electron chi connectivity index (χ3n) is 3.62. The van der Waals surface area contributed by atoms with Gasteiger partial charge in [0.15, 0.2) is 5.76 Å². The molecule has 6 nitrogen and oxygen atoms in total. The van der Waals surface area contributed by atoms with Gasteiger partial charge in [0.05, 0.1) is 13.2 Å². The first-order chi connectivity index (χ1) is 12.3. The maximum Gasteiger partial charge on any atom is 0.251 e. The molecule has 25 heavy (non-hydrogen) atoms. The van der Waals surface area contributed by atoms with E-state index in [1.807, 2.05) is 42.5 Å². The minimum absolute atomic E-state index is 0.0844. The Labute approximate surface area is 145 Å². The fourth-order valence-electron chi connectivity index (χ4n) is 2.37. The summed E-state index contributed by atoms with van der Waals surface area (Å²) < 4.78 is 5.35. The van der Waals surface area contributed by atoms with Gasteiger partial charge in [-0.25, -0.2) is 0 Å². The van der Waals surface area contributed by atoms with Crippen molar-refractivity contribution < 1.29 is 14.4 Å². The highest BCUT2D eigenvalue weighted by molar-refractivity contribution is 5.95. The van der Waals surface area contributed by atoms with Crippen LogP contribution in [0, 0.1) is 0 Å². The highest BCUT2D eigenvalue weighted by atomic mass is 16.5. The minimum atomic E-state index is -0.219. The molecule has 0 aliphatic carbocycles. The van der Waals surface area contributed by atoms with E-state index in [0.29, 0.717) is 17.9 Å². The molecule has 6 heteroatoms. The molecule has 0 spiro atoms. The van der Waals surface area contributed by atoms with Gasteiger partial charge in [0.1, 0.15) is 5.69 Å². The molecular weight excluding hydrogens is 318 g/mol. The van der Waals surface area contributed by atoms with Gasteiger partial charge in [-0.2, -0.15) is 0 Å². The molecule has 1 aromatic heterocycles. The highest BCUT2D eigenvalue weighted by Crippen LogP contribution is 2.19. The maximum absolute atomic E-state index is 11.9. The van der Waals surface area contributed by atoms with Crippen LogP contribution >= 0.6 is 0 Å². The van der Waals surface area contributed by atoms with Crippen molar-refractivity contribution in [3.05, 3.63) is 72.0 Å². The Morgan fingerprint density at radius 1 is 1.08 bits per heavy atom. The second kappa shape index (κ2) is 8.12. The molecule has 0 unspecified atom stereocenters. The van der Waals surface area contributed by atoms with Crippen LogP contribution in [0.4, 0.5) is 5.69 Å². The lowest BCUT2D eigenvalue weighted by atomic mass is 10.1. The van der Waals surface area contributed by atoms with Crippen LogP contribution in [0.25, 0.3) is 11.3 Å². The number of hydrogen-bond acceptors (Lipinski definition) is 5. The average Bonchev–Trinajstić information content (AvgIpc) is 3.14. The van der Waals surface area contributed by atoms with Crippen LogP contribution in [0.1, 0.15) is 16.1 Å². The van der Waals surface area contributed by atoms with Gasteiger partial charge in [-0.3, -0.25) is 4.79 Å². The zero-order valence-electron chi connectivity index (χ0n) is 13.6. The van der Waals surface area contributed by atoms with Crippen molar-refractivity contribution >= 4 is 11.6 Å². The summed E-state index contributed by atoms with van der Waals surface area (Å²) in [6, 6.07) is 18.8. The molecule has 3 aromatic rings. The zero-order chi connectivity index (χ0) is 17.5. The first-order valence-corrected chi connectivity index (χ1v) is 8.00. The number of carbonyl (C=O) groups excluding carboxylic acids is 1. The molecule has 3 N–H and O–H groups in total. The number of carbonyl (C=O) groups is 1. The Balaban J connectivity index is 1.62. The van der Waals surface area contributed by atoms with Gasteiger partial charge in [-0.1, -0.05) is 41.6 Å². The van der Waals surface area contributed by atoms with Gasteiger partial charge >= 0.3 is 0 Å². The monoisotopic (exact) mass is 337 g/mol. The van der Waals surface area contributed by atoms with Gasteiger partial charge in [-0.05, 0) is 18.2 Å². The van der Waals surface area contributed by atoms with E-state index in [2.05, 4.69) is 15.8 Å². The zero-order valence-corrected chi connectivity index (χ0v) is 13.6. The van der Waals surface area contributed by atoms with Crippen LogP contribution in [0.15, 0.2) is 65.2 Å². The van der Waals surface area contributed by atoms with Gasteiger partial charge < -0.3 is 20.3 Å². The van der Waals surface area contributed by atoms with Crippen LogP contribution in [0.5, 0.6) is 0 Å². The molecule has 0 atom stereocenters. The van der Waals surface area contributed by atoms with Gasteiger partial charge in [0, 0.05) is 29.4 Å². The number of anilines is 1. The molecule has 1 heterocycles. The molecule has 128 valence electrons. The van der Waals surface area contributed by atoms with Crippen molar-refractivity contribution in [2.24, 2.45) is 0 Å². The summed E-state index contributed by atoms with van der Waals surface area (Å²) >= 11 is 0. The Morgan fingerprint density at radius 2 is 1.92 bits per heavy atom. The topological polar surface area (TPSA) is 87.4 Å². The number of hydrogen-bond donors (Lipinski definition) is 3. The molecule has 0 aliphatic rings. The number of aliphatic hydroxyl groups is 1. The first kappa shape index (κ1) is 16.7. The largest absolute Gasteiger partial charge is 0.395 e. The van der Waals surface area contributed by atoms with Crippen molar-refractivity contribution in [2.45, 2.75) is 6.54 Å². The summed E-state index contributed by atoms with van der Waals surface area (Å²) in [4.78, 5) is 11.9. The van der Waals surface area contributed by atoms with E-state index in [1.54, 1.807) is 18.2 Å². The van der Waals surface area contributed by atoms with Gasteiger partial charge in [0.25, 0.3) is 5.91 Å². The van der Waals surface area contributed by atoms with Crippen LogP contribution < -0.4 is 10.6 Å². The summed E-state index contributed by atoms with van der Waals surface area (Å²) in [6.45, 7) is 0.608. The predicted octanol–water partition coefficient (Wildman–Crippen LogP) is 2.68. The number of benzene rings is 2. The molecule has 0 saturated carbocycles. The average molecular weight is 337 g/mol. The number of aliphatic hydroxyl groups excluding tert-OH is 1. The van der Waals surface area contributed by atoms with Gasteiger partial charge in [-0.15, -0.1) is 0 Å². The van der Waals surface area contributed by atoms with Gasteiger partial charge in [0.2, 0.25) is 0 Å². The minimum Gasteiger partial charge on any atom is -0.395 e. The molecule has 0 saturated heterocycles. The SMILES string of the molecule is O=C(NCCO)c1cccc(NCc2cc(-c3ccccc3)no2)c1. The van der Waals surface area contributed by atoms with E-state index in [9.17, 15) is 4.79 Å². The van der Waals surface area contributed by atoms with Crippen molar-refractivity contribution in [2.75, 3.05) is 18.5 Å². The molecule has 3 rings (SSSR count). The Kier molecular flexibility index (Phi) is 5.43. The molecule has 0 fully saturated rings. The third kappa shape index (κ3) is 4.45. The third-order valence-corrected chi connectivity index (χ3v) is 3.62. The van der Waals surface area contributed by atoms with Crippen molar-refractivity contribution in [1.29, 1.82) is 0 Å². The summed E-state index contributed by atoms with van der Waals surface area (Å²) in [6.07, 6.45) is 0. The first-order valence-electron chi connectivity index (χ1n) is 8.00. The number of nitrogens with zero attached hydrogens (tertiary/aromatic N) is 1. The summed E-state index contributed by atoms with van der Waals surface area (Å²) in [7, 11) is 0. The molecule has 1 amide bonds. The molecular formula is C19H19N3O3. The molecule has 2 aromatic carbocycles.